The van der Waals surface area contributed by atoms with Crippen molar-refractivity contribution in [1.82, 2.24) is 10.6 Å². The molecule has 0 saturated carbocycles. The van der Waals surface area contributed by atoms with Crippen molar-refractivity contribution in [3.05, 3.63) is 11.8 Å². The highest BCUT2D eigenvalue weighted by Crippen LogP contribution is 2.02. The Morgan fingerprint density at radius 3 is 2.60 bits per heavy atom. The van der Waals surface area contributed by atoms with Crippen LogP contribution in [0.5, 0.6) is 0 Å². The number of carboxylic acids is 1. The third-order valence-corrected chi connectivity index (χ3v) is 3.34. The smallest absolute Gasteiger partial charge is 0.326 e. The molecular formula is C13H21N3O3S. The fourth-order valence-corrected chi connectivity index (χ4v) is 1.72. The molecule has 0 rings (SSSR count). The molecule has 0 aliphatic rings. The second-order valence-electron chi connectivity index (χ2n) is 4.29. The summed E-state index contributed by atoms with van der Waals surface area (Å²) in [6.07, 6.45) is 4.23. The average molecular weight is 299 g/mol. The van der Waals surface area contributed by atoms with E-state index in [-0.39, 0.29) is 11.6 Å². The minimum atomic E-state index is -1.00. The maximum atomic E-state index is 11.7. The molecule has 0 fully saturated rings. The van der Waals surface area contributed by atoms with Crippen LogP contribution in [0.1, 0.15) is 26.7 Å². The third kappa shape index (κ3) is 7.04. The summed E-state index contributed by atoms with van der Waals surface area (Å²) in [5.74, 6) is -0.822. The Morgan fingerprint density at radius 1 is 1.50 bits per heavy atom. The molecule has 0 saturated heterocycles. The lowest BCUT2D eigenvalue weighted by Gasteiger charge is -2.13. The third-order valence-electron chi connectivity index (χ3n) is 2.69. The van der Waals surface area contributed by atoms with Crippen molar-refractivity contribution in [1.29, 1.82) is 5.26 Å². The van der Waals surface area contributed by atoms with Crippen LogP contribution in [-0.2, 0) is 9.59 Å². The predicted octanol–water partition coefficient (Wildman–Crippen LogP) is 1.10. The van der Waals surface area contributed by atoms with Gasteiger partial charge in [-0.2, -0.15) is 17.0 Å². The van der Waals surface area contributed by atoms with E-state index in [4.69, 9.17) is 10.4 Å². The predicted molar refractivity (Wildman–Crippen MR) is 79.2 cm³/mol. The number of aliphatic carboxylic acids is 1. The summed E-state index contributed by atoms with van der Waals surface area (Å²) in [4.78, 5) is 22.8. The molecule has 0 aliphatic heterocycles. The van der Waals surface area contributed by atoms with Crippen LogP contribution in [0.15, 0.2) is 11.8 Å². The molecule has 0 spiro atoms. The van der Waals surface area contributed by atoms with Gasteiger partial charge >= 0.3 is 5.97 Å². The summed E-state index contributed by atoms with van der Waals surface area (Å²) in [7, 11) is 0. The molecule has 1 amide bonds. The number of carboxylic acid groups (broad SMARTS) is 1. The number of hydrogen-bond donors (Lipinski definition) is 3. The van der Waals surface area contributed by atoms with Crippen molar-refractivity contribution in [2.24, 2.45) is 0 Å². The van der Waals surface area contributed by atoms with Gasteiger partial charge in [-0.3, -0.25) is 4.79 Å². The molecule has 0 bridgehead atoms. The highest BCUT2D eigenvalue weighted by molar-refractivity contribution is 7.98. The molecule has 0 radical (unpaired) electrons. The zero-order valence-electron chi connectivity index (χ0n) is 12.0. The van der Waals surface area contributed by atoms with Crippen LogP contribution >= 0.6 is 11.8 Å². The lowest BCUT2D eigenvalue weighted by atomic mass is 10.2. The summed E-state index contributed by atoms with van der Waals surface area (Å²) in [5.41, 5.74) is -0.124. The highest BCUT2D eigenvalue weighted by Gasteiger charge is 2.17. The highest BCUT2D eigenvalue weighted by atomic mass is 32.2. The van der Waals surface area contributed by atoms with Crippen molar-refractivity contribution in [2.45, 2.75) is 38.8 Å². The molecule has 2 atom stereocenters. The Balaban J connectivity index is 4.67. The van der Waals surface area contributed by atoms with Gasteiger partial charge in [-0.1, -0.05) is 6.92 Å². The molecule has 20 heavy (non-hydrogen) atoms. The first-order chi connectivity index (χ1) is 9.46. The van der Waals surface area contributed by atoms with Crippen molar-refractivity contribution >= 4 is 23.6 Å². The molecule has 0 heterocycles. The molecule has 6 nitrogen and oxygen atoms in total. The Labute approximate surface area is 123 Å². The van der Waals surface area contributed by atoms with Crippen molar-refractivity contribution in [3.63, 3.8) is 0 Å². The van der Waals surface area contributed by atoms with E-state index in [0.29, 0.717) is 12.2 Å². The van der Waals surface area contributed by atoms with E-state index in [0.717, 1.165) is 6.42 Å². The normalized spacial score (nSPS) is 14.0. The first-order valence-corrected chi connectivity index (χ1v) is 7.74. The van der Waals surface area contributed by atoms with Crippen LogP contribution in [-0.4, -0.2) is 41.1 Å². The summed E-state index contributed by atoms with van der Waals surface area (Å²) in [6.45, 7) is 3.75. The van der Waals surface area contributed by atoms with Crippen molar-refractivity contribution in [3.8, 4) is 6.07 Å². The second kappa shape index (κ2) is 10.1. The van der Waals surface area contributed by atoms with Gasteiger partial charge in [0.15, 0.2) is 0 Å². The fraction of sp³-hybridized carbons (Fsp3) is 0.615. The van der Waals surface area contributed by atoms with E-state index in [2.05, 4.69) is 10.6 Å². The van der Waals surface area contributed by atoms with E-state index in [1.807, 2.05) is 20.1 Å². The SMILES string of the molecule is CCC(C)NC(=O)/C(C#N)=C\NC(CCSC)C(=O)O. The Morgan fingerprint density at radius 2 is 2.15 bits per heavy atom. The number of nitrogens with one attached hydrogen (secondary N) is 2. The topological polar surface area (TPSA) is 102 Å². The molecule has 112 valence electrons. The molecule has 3 N–H and O–H groups in total. The zero-order chi connectivity index (χ0) is 15.5. The minimum absolute atomic E-state index is 0.0361. The van der Waals surface area contributed by atoms with Crippen LogP contribution in [0.25, 0.3) is 0 Å². The molecule has 0 aromatic carbocycles. The van der Waals surface area contributed by atoms with Gasteiger partial charge in [0.1, 0.15) is 17.7 Å². The van der Waals surface area contributed by atoms with Gasteiger partial charge in [-0.25, -0.2) is 4.79 Å². The maximum absolute atomic E-state index is 11.7. The van der Waals surface area contributed by atoms with Gasteiger partial charge < -0.3 is 15.7 Å². The Bertz CT molecular complexity index is 404. The number of carbonyl (C=O) groups is 2. The monoisotopic (exact) mass is 299 g/mol. The van der Waals surface area contributed by atoms with Crippen molar-refractivity contribution < 1.29 is 14.7 Å². The van der Waals surface area contributed by atoms with E-state index in [1.54, 1.807) is 6.07 Å². The lowest BCUT2D eigenvalue weighted by molar-refractivity contribution is -0.139. The number of amides is 1. The maximum Gasteiger partial charge on any atom is 0.326 e. The summed E-state index contributed by atoms with van der Waals surface area (Å²) >= 11 is 1.54. The molecule has 0 aromatic rings. The number of hydrogen-bond acceptors (Lipinski definition) is 5. The standard InChI is InChI=1S/C13H21N3O3S/c1-4-9(2)16-12(17)10(7-14)8-15-11(13(18)19)5-6-20-3/h8-9,11,15H,4-6H2,1-3H3,(H,16,17)(H,18,19)/b10-8-. The van der Waals surface area contributed by atoms with Gasteiger partial charge in [-0.15, -0.1) is 0 Å². The first kappa shape index (κ1) is 18.3. The molecular weight excluding hydrogens is 278 g/mol. The Kier molecular flexibility index (Phi) is 9.30. The molecule has 2 unspecified atom stereocenters. The van der Waals surface area contributed by atoms with Gasteiger partial charge in [0.05, 0.1) is 0 Å². The Hall–Kier alpha value is -1.68. The summed E-state index contributed by atoms with van der Waals surface area (Å²) in [6, 6.07) is 0.930. The first-order valence-electron chi connectivity index (χ1n) is 6.35. The molecule has 7 heteroatoms. The van der Waals surface area contributed by atoms with Crippen LogP contribution < -0.4 is 10.6 Å². The minimum Gasteiger partial charge on any atom is -0.480 e. The summed E-state index contributed by atoms with van der Waals surface area (Å²) in [5, 5.41) is 23.2. The van der Waals surface area contributed by atoms with Crippen LogP contribution in [0.3, 0.4) is 0 Å². The van der Waals surface area contributed by atoms with Gasteiger partial charge in [0.2, 0.25) is 0 Å². The van der Waals surface area contributed by atoms with E-state index < -0.39 is 17.9 Å². The summed E-state index contributed by atoms with van der Waals surface area (Å²) < 4.78 is 0. The molecule has 0 aromatic heterocycles. The van der Waals surface area contributed by atoms with Gasteiger partial charge in [0.25, 0.3) is 5.91 Å². The quantitative estimate of drug-likeness (QED) is 0.435. The fourth-order valence-electron chi connectivity index (χ4n) is 1.25. The van der Waals surface area contributed by atoms with Crippen LogP contribution in [0, 0.1) is 11.3 Å². The number of rotatable bonds is 9. The zero-order valence-corrected chi connectivity index (χ0v) is 12.8. The van der Waals surface area contributed by atoms with Crippen molar-refractivity contribution in [2.75, 3.05) is 12.0 Å². The lowest BCUT2D eigenvalue weighted by Crippen LogP contribution is -2.36. The van der Waals surface area contributed by atoms with Crippen LogP contribution in [0.2, 0.25) is 0 Å². The molecule has 0 aliphatic carbocycles. The van der Waals surface area contributed by atoms with E-state index in [1.165, 1.54) is 18.0 Å². The van der Waals surface area contributed by atoms with Gasteiger partial charge in [0, 0.05) is 12.2 Å². The largest absolute Gasteiger partial charge is 0.480 e. The van der Waals surface area contributed by atoms with E-state index in [9.17, 15) is 9.59 Å². The number of carbonyl (C=O) groups excluding carboxylic acids is 1. The number of thioether (sulfide) groups is 1. The van der Waals surface area contributed by atoms with Crippen LogP contribution in [0.4, 0.5) is 0 Å². The number of nitriles is 1. The van der Waals surface area contributed by atoms with E-state index >= 15 is 0 Å². The number of nitrogens with zero attached hydrogens (tertiary/aromatic N) is 1. The average Bonchev–Trinajstić information content (AvgIpc) is 2.41. The van der Waals surface area contributed by atoms with Gasteiger partial charge in [-0.05, 0) is 31.8 Å². The second-order valence-corrected chi connectivity index (χ2v) is 5.28.